The number of ether oxygens (including phenoxy) is 1. The number of benzene rings is 1. The van der Waals surface area contributed by atoms with Crippen molar-refractivity contribution < 1.29 is 8.85 Å². The minimum atomic E-state index is -1.45. The van der Waals surface area contributed by atoms with Gasteiger partial charge in [0.15, 0.2) is 17.4 Å². The Hall–Kier alpha value is -0.586. The number of hydrogen-bond donors (Lipinski definition) is 0. The highest BCUT2D eigenvalue weighted by atomic mass is 28.4. The first kappa shape index (κ1) is 15.5. The Labute approximate surface area is 114 Å². The first-order valence-electron chi connectivity index (χ1n) is 6.58. The summed E-state index contributed by atoms with van der Waals surface area (Å²) in [6.45, 7) is 11.9. The Morgan fingerprint density at radius 3 is 2.28 bits per heavy atom. The maximum Gasteiger partial charge on any atom is 0.191 e. The van der Waals surface area contributed by atoms with Crippen LogP contribution in [0, 0.1) is 6.92 Å². The number of hydrogen-bond acceptors (Lipinski definition) is 2. The topological polar surface area (TPSA) is 18.5 Å². The Morgan fingerprint density at radius 1 is 1.11 bits per heavy atom. The van der Waals surface area contributed by atoms with Gasteiger partial charge in [0.05, 0.1) is 6.61 Å². The number of aryl methyl sites for hydroxylation is 1. The summed E-state index contributed by atoms with van der Waals surface area (Å²) in [4.78, 5) is 0. The summed E-state index contributed by atoms with van der Waals surface area (Å²) >= 11 is 0. The van der Waals surface area contributed by atoms with Crippen molar-refractivity contribution in [3.8, 4) is 5.75 Å². The van der Waals surface area contributed by atoms with Crippen molar-refractivity contribution in [3.63, 3.8) is 0 Å². The molecule has 0 fully saturated rings. The predicted molar refractivity (Wildman–Crippen MR) is 82.1 cm³/mol. The zero-order valence-corrected chi connectivity index (χ0v) is 14.2. The van der Waals surface area contributed by atoms with Gasteiger partial charge in [-0.1, -0.05) is 17.7 Å². The molecule has 1 aromatic rings. The Morgan fingerprint density at radius 2 is 1.72 bits per heavy atom. The highest BCUT2D eigenvalue weighted by Crippen LogP contribution is 2.16. The molecule has 0 amide bonds. The molecule has 0 aliphatic rings. The minimum absolute atomic E-state index is 0.564. The molecule has 1 radical (unpaired) electrons. The molecule has 0 N–H and O–H groups in total. The minimum Gasteiger partial charge on any atom is -0.494 e. The van der Waals surface area contributed by atoms with Crippen LogP contribution in [0.5, 0.6) is 5.75 Å². The van der Waals surface area contributed by atoms with E-state index < -0.39 is 17.4 Å². The van der Waals surface area contributed by atoms with Gasteiger partial charge in [-0.2, -0.15) is 0 Å². The summed E-state index contributed by atoms with van der Waals surface area (Å²) in [7, 11) is -2.01. The van der Waals surface area contributed by atoms with E-state index in [0.29, 0.717) is 0 Å². The molecule has 4 heteroatoms. The molecular formula is C14H25O2Si2. The molecule has 0 aliphatic heterocycles. The van der Waals surface area contributed by atoms with Crippen LogP contribution in [-0.2, 0) is 4.12 Å². The van der Waals surface area contributed by atoms with E-state index in [4.69, 9.17) is 8.85 Å². The van der Waals surface area contributed by atoms with Crippen LogP contribution in [0.3, 0.4) is 0 Å². The van der Waals surface area contributed by atoms with Crippen LogP contribution < -0.4 is 4.74 Å². The fraction of sp³-hybridized carbons (Fsp3) is 0.571. The molecular weight excluding hydrogens is 256 g/mol. The second kappa shape index (κ2) is 7.11. The largest absolute Gasteiger partial charge is 0.494 e. The molecule has 0 saturated carbocycles. The molecule has 0 atom stereocenters. The highest BCUT2D eigenvalue weighted by Gasteiger charge is 2.23. The summed E-state index contributed by atoms with van der Waals surface area (Å²) in [5, 5.41) is 0. The van der Waals surface area contributed by atoms with Gasteiger partial charge in [-0.15, -0.1) is 0 Å². The van der Waals surface area contributed by atoms with Crippen LogP contribution in [0.4, 0.5) is 0 Å². The van der Waals surface area contributed by atoms with Crippen LogP contribution in [-0.4, -0.2) is 24.0 Å². The predicted octanol–water partition coefficient (Wildman–Crippen LogP) is 4.24. The van der Waals surface area contributed by atoms with Crippen LogP contribution in [0.15, 0.2) is 24.3 Å². The van der Waals surface area contributed by atoms with E-state index in [0.717, 1.165) is 18.8 Å². The first-order valence-corrected chi connectivity index (χ1v) is 12.1. The van der Waals surface area contributed by atoms with Gasteiger partial charge in [-0.3, -0.25) is 0 Å². The third-order valence-corrected chi connectivity index (χ3v) is 8.09. The SMILES string of the molecule is Cc1ccc(OCCC[Si](C)(C)O[Si](C)C)cc1. The summed E-state index contributed by atoms with van der Waals surface area (Å²) in [6.07, 6.45) is 1.09. The number of rotatable bonds is 7. The molecule has 1 aromatic carbocycles. The Kier molecular flexibility index (Phi) is 6.11. The van der Waals surface area contributed by atoms with Crippen molar-refractivity contribution in [1.29, 1.82) is 0 Å². The summed E-state index contributed by atoms with van der Waals surface area (Å²) in [5.41, 5.74) is 1.27. The maximum absolute atomic E-state index is 6.09. The van der Waals surface area contributed by atoms with Crippen molar-refractivity contribution in [2.45, 2.75) is 45.6 Å². The summed E-state index contributed by atoms with van der Waals surface area (Å²) in [5.74, 6) is 0.969. The normalized spacial score (nSPS) is 11.9. The lowest BCUT2D eigenvalue weighted by Gasteiger charge is -2.25. The molecule has 2 nitrogen and oxygen atoms in total. The van der Waals surface area contributed by atoms with Crippen LogP contribution >= 0.6 is 0 Å². The van der Waals surface area contributed by atoms with E-state index >= 15 is 0 Å². The monoisotopic (exact) mass is 281 g/mol. The van der Waals surface area contributed by atoms with E-state index in [-0.39, 0.29) is 0 Å². The van der Waals surface area contributed by atoms with Crippen molar-refractivity contribution in [3.05, 3.63) is 29.8 Å². The average molecular weight is 282 g/mol. The van der Waals surface area contributed by atoms with Crippen molar-refractivity contribution in [2.24, 2.45) is 0 Å². The summed E-state index contributed by atoms with van der Waals surface area (Å²) < 4.78 is 11.8. The lowest BCUT2D eigenvalue weighted by atomic mass is 10.2. The second-order valence-corrected chi connectivity index (χ2v) is 12.2. The van der Waals surface area contributed by atoms with E-state index in [9.17, 15) is 0 Å². The second-order valence-electron chi connectivity index (χ2n) is 5.54. The maximum atomic E-state index is 6.09. The molecule has 101 valence electrons. The molecule has 0 heterocycles. The van der Waals surface area contributed by atoms with Gasteiger partial charge in [0.1, 0.15) is 5.75 Å². The van der Waals surface area contributed by atoms with Gasteiger partial charge in [0.2, 0.25) is 0 Å². The molecule has 0 aromatic heterocycles. The van der Waals surface area contributed by atoms with Gasteiger partial charge in [-0.25, -0.2) is 0 Å². The Balaban J connectivity index is 2.24. The van der Waals surface area contributed by atoms with Crippen LogP contribution in [0.2, 0.25) is 32.2 Å². The van der Waals surface area contributed by atoms with Gasteiger partial charge in [0, 0.05) is 0 Å². The third-order valence-electron chi connectivity index (χ3n) is 2.69. The fourth-order valence-corrected chi connectivity index (χ4v) is 7.75. The fourth-order valence-electron chi connectivity index (χ4n) is 1.93. The zero-order valence-electron chi connectivity index (χ0n) is 12.2. The van der Waals surface area contributed by atoms with E-state index in [2.05, 4.69) is 45.2 Å². The molecule has 1 rings (SSSR count). The lowest BCUT2D eigenvalue weighted by Crippen LogP contribution is -2.35. The van der Waals surface area contributed by atoms with E-state index in [1.165, 1.54) is 11.6 Å². The van der Waals surface area contributed by atoms with Gasteiger partial charge >= 0.3 is 0 Å². The van der Waals surface area contributed by atoms with E-state index in [1.807, 2.05) is 12.1 Å². The van der Waals surface area contributed by atoms with Crippen molar-refractivity contribution in [2.75, 3.05) is 6.61 Å². The summed E-state index contributed by atoms with van der Waals surface area (Å²) in [6, 6.07) is 9.41. The van der Waals surface area contributed by atoms with Gasteiger partial charge in [0.25, 0.3) is 0 Å². The zero-order chi connectivity index (χ0) is 13.6. The molecule has 18 heavy (non-hydrogen) atoms. The lowest BCUT2D eigenvalue weighted by molar-refractivity contribution is 0.315. The van der Waals surface area contributed by atoms with E-state index in [1.54, 1.807) is 0 Å². The first-order chi connectivity index (χ1) is 8.39. The molecule has 0 unspecified atom stereocenters. The standard InChI is InChI=1S/C14H25O2Si2/c1-13-7-9-14(10-8-13)15-11-6-12-18(4,5)16-17(2)3/h7-10H,6,11-12H2,1-5H3. The third kappa shape index (κ3) is 6.37. The van der Waals surface area contributed by atoms with Crippen LogP contribution in [0.25, 0.3) is 0 Å². The molecule has 0 bridgehead atoms. The molecule has 0 spiro atoms. The van der Waals surface area contributed by atoms with Gasteiger partial charge < -0.3 is 8.85 Å². The van der Waals surface area contributed by atoms with Gasteiger partial charge in [-0.05, 0) is 57.7 Å². The highest BCUT2D eigenvalue weighted by molar-refractivity contribution is 6.77. The van der Waals surface area contributed by atoms with Crippen molar-refractivity contribution in [1.82, 2.24) is 0 Å². The van der Waals surface area contributed by atoms with Crippen molar-refractivity contribution >= 4 is 17.4 Å². The molecule has 0 aliphatic carbocycles. The quantitative estimate of drug-likeness (QED) is 0.550. The average Bonchev–Trinajstić information content (AvgIpc) is 2.25. The molecule has 0 saturated heterocycles. The van der Waals surface area contributed by atoms with Crippen LogP contribution in [0.1, 0.15) is 12.0 Å². The smallest absolute Gasteiger partial charge is 0.191 e. The Bertz CT molecular complexity index is 347.